The van der Waals surface area contributed by atoms with Gasteiger partial charge in [-0.3, -0.25) is 9.59 Å². The number of carboxylic acids is 1. The molecule has 2 atom stereocenters. The molecule has 0 radical (unpaired) electrons. The molecule has 4 nitrogen and oxygen atoms in total. The van der Waals surface area contributed by atoms with E-state index in [2.05, 4.69) is 5.32 Å². The second-order valence-electron chi connectivity index (χ2n) is 5.14. The predicted octanol–water partition coefficient (Wildman–Crippen LogP) is 3.19. The highest BCUT2D eigenvalue weighted by molar-refractivity contribution is 7.99. The fraction of sp³-hybridized carbons (Fsp3) is 0.467. The van der Waals surface area contributed by atoms with E-state index in [1.54, 1.807) is 11.8 Å². The highest BCUT2D eigenvalue weighted by Crippen LogP contribution is 2.28. The summed E-state index contributed by atoms with van der Waals surface area (Å²) >= 11 is 7.60. The minimum absolute atomic E-state index is 0.00362. The van der Waals surface area contributed by atoms with Crippen molar-refractivity contribution in [1.29, 1.82) is 0 Å². The second-order valence-corrected chi connectivity index (χ2v) is 6.69. The molecule has 1 saturated carbocycles. The van der Waals surface area contributed by atoms with E-state index in [1.807, 2.05) is 24.3 Å². The summed E-state index contributed by atoms with van der Waals surface area (Å²) in [6.07, 6.45) is 2.35. The van der Waals surface area contributed by atoms with Gasteiger partial charge in [-0.25, -0.2) is 0 Å². The van der Waals surface area contributed by atoms with E-state index in [-0.39, 0.29) is 17.9 Å². The molecule has 0 aliphatic heterocycles. The zero-order valence-electron chi connectivity index (χ0n) is 11.5. The van der Waals surface area contributed by atoms with Crippen LogP contribution in [0.2, 0.25) is 5.02 Å². The van der Waals surface area contributed by atoms with Crippen LogP contribution < -0.4 is 5.32 Å². The Morgan fingerprint density at radius 3 is 2.76 bits per heavy atom. The number of carbonyl (C=O) groups excluding carboxylic acids is 1. The van der Waals surface area contributed by atoms with Crippen molar-refractivity contribution in [3.8, 4) is 0 Å². The minimum atomic E-state index is -0.763. The number of benzene rings is 1. The molecule has 0 aromatic heterocycles. The number of rotatable bonds is 6. The van der Waals surface area contributed by atoms with Gasteiger partial charge in [-0.2, -0.15) is 0 Å². The Hall–Kier alpha value is -1.20. The Balaban J connectivity index is 1.69. The molecule has 2 N–H and O–H groups in total. The van der Waals surface area contributed by atoms with Crippen molar-refractivity contribution in [1.82, 2.24) is 5.32 Å². The SMILES string of the molecule is O=C(CCSc1ccccc1Cl)N[C@@H]1CC[C@H](C(=O)O)C1. The zero-order chi connectivity index (χ0) is 15.2. The first kappa shape index (κ1) is 16.2. The predicted molar refractivity (Wildman–Crippen MR) is 83.7 cm³/mol. The zero-order valence-corrected chi connectivity index (χ0v) is 13.1. The van der Waals surface area contributed by atoms with Gasteiger partial charge in [-0.05, 0) is 31.4 Å². The fourth-order valence-corrected chi connectivity index (χ4v) is 3.64. The molecule has 2 rings (SSSR count). The lowest BCUT2D eigenvalue weighted by molar-refractivity contribution is -0.141. The molecular formula is C15H18ClNO3S. The van der Waals surface area contributed by atoms with Crippen molar-refractivity contribution in [2.45, 2.75) is 36.6 Å². The van der Waals surface area contributed by atoms with Crippen LogP contribution in [0.25, 0.3) is 0 Å². The smallest absolute Gasteiger partial charge is 0.306 e. The van der Waals surface area contributed by atoms with Crippen LogP contribution in [0.1, 0.15) is 25.7 Å². The van der Waals surface area contributed by atoms with Gasteiger partial charge in [0.2, 0.25) is 5.91 Å². The Bertz CT molecular complexity index is 523. The molecule has 1 aliphatic rings. The molecule has 1 aromatic carbocycles. The topological polar surface area (TPSA) is 66.4 Å². The molecule has 1 amide bonds. The number of hydrogen-bond acceptors (Lipinski definition) is 3. The molecule has 0 spiro atoms. The summed E-state index contributed by atoms with van der Waals surface area (Å²) in [5.41, 5.74) is 0. The van der Waals surface area contributed by atoms with Crippen LogP contribution >= 0.6 is 23.4 Å². The molecule has 0 saturated heterocycles. The molecule has 0 unspecified atom stereocenters. The molecule has 21 heavy (non-hydrogen) atoms. The van der Waals surface area contributed by atoms with Crippen molar-refractivity contribution >= 4 is 35.2 Å². The molecule has 6 heteroatoms. The molecule has 1 aromatic rings. The van der Waals surface area contributed by atoms with Gasteiger partial charge in [0.05, 0.1) is 10.9 Å². The maximum atomic E-state index is 11.8. The van der Waals surface area contributed by atoms with Crippen LogP contribution in [0, 0.1) is 5.92 Å². The number of hydrogen-bond donors (Lipinski definition) is 2. The fourth-order valence-electron chi connectivity index (χ4n) is 2.45. The molecule has 114 valence electrons. The third-order valence-corrected chi connectivity index (χ3v) is 5.09. The van der Waals surface area contributed by atoms with E-state index in [0.29, 0.717) is 30.0 Å². The summed E-state index contributed by atoms with van der Waals surface area (Å²) in [4.78, 5) is 23.7. The maximum absolute atomic E-state index is 11.8. The van der Waals surface area contributed by atoms with Crippen LogP contribution in [0.4, 0.5) is 0 Å². The lowest BCUT2D eigenvalue weighted by atomic mass is 10.1. The summed E-state index contributed by atoms with van der Waals surface area (Å²) in [5.74, 6) is -0.440. The summed E-state index contributed by atoms with van der Waals surface area (Å²) in [6, 6.07) is 7.55. The average molecular weight is 328 g/mol. The van der Waals surface area contributed by atoms with E-state index in [0.717, 1.165) is 11.3 Å². The standard InChI is InChI=1S/C15H18ClNO3S/c16-12-3-1-2-4-13(12)21-8-7-14(18)17-11-6-5-10(9-11)15(19)20/h1-4,10-11H,5-9H2,(H,17,18)(H,19,20)/t10-,11+/m0/s1. The highest BCUT2D eigenvalue weighted by atomic mass is 35.5. The summed E-state index contributed by atoms with van der Waals surface area (Å²) in [7, 11) is 0. The van der Waals surface area contributed by atoms with Crippen molar-refractivity contribution in [2.75, 3.05) is 5.75 Å². The van der Waals surface area contributed by atoms with Crippen LogP contribution in [0.5, 0.6) is 0 Å². The first-order valence-electron chi connectivity index (χ1n) is 6.95. The van der Waals surface area contributed by atoms with Gasteiger partial charge in [0, 0.05) is 23.1 Å². The van der Waals surface area contributed by atoms with Crippen LogP contribution in [-0.4, -0.2) is 28.8 Å². The third-order valence-electron chi connectivity index (χ3n) is 3.57. The van der Waals surface area contributed by atoms with E-state index in [9.17, 15) is 9.59 Å². The monoisotopic (exact) mass is 327 g/mol. The Morgan fingerprint density at radius 2 is 2.10 bits per heavy atom. The van der Waals surface area contributed by atoms with Gasteiger partial charge < -0.3 is 10.4 Å². The molecule has 0 heterocycles. The molecule has 1 aliphatic carbocycles. The lowest BCUT2D eigenvalue weighted by Crippen LogP contribution is -2.33. The van der Waals surface area contributed by atoms with E-state index < -0.39 is 5.97 Å². The van der Waals surface area contributed by atoms with Crippen LogP contribution in [-0.2, 0) is 9.59 Å². The normalized spacial score (nSPS) is 21.2. The van der Waals surface area contributed by atoms with Crippen molar-refractivity contribution < 1.29 is 14.7 Å². The number of nitrogens with one attached hydrogen (secondary N) is 1. The first-order valence-corrected chi connectivity index (χ1v) is 8.32. The number of carboxylic acid groups (broad SMARTS) is 1. The minimum Gasteiger partial charge on any atom is -0.481 e. The number of aliphatic carboxylic acids is 1. The van der Waals surface area contributed by atoms with Gasteiger partial charge in [-0.1, -0.05) is 23.7 Å². The van der Waals surface area contributed by atoms with Crippen LogP contribution in [0.3, 0.4) is 0 Å². The Labute approximate surface area is 133 Å². The van der Waals surface area contributed by atoms with Gasteiger partial charge >= 0.3 is 5.97 Å². The van der Waals surface area contributed by atoms with E-state index >= 15 is 0 Å². The molecule has 0 bridgehead atoms. The maximum Gasteiger partial charge on any atom is 0.306 e. The first-order chi connectivity index (χ1) is 10.1. The highest BCUT2D eigenvalue weighted by Gasteiger charge is 2.30. The van der Waals surface area contributed by atoms with Crippen LogP contribution in [0.15, 0.2) is 29.2 Å². The summed E-state index contributed by atoms with van der Waals surface area (Å²) in [5, 5.41) is 12.5. The number of halogens is 1. The molecule has 1 fully saturated rings. The van der Waals surface area contributed by atoms with Crippen molar-refractivity contribution in [3.05, 3.63) is 29.3 Å². The Kier molecular flexibility index (Phi) is 5.94. The van der Waals surface area contributed by atoms with Gasteiger partial charge in [0.1, 0.15) is 0 Å². The lowest BCUT2D eigenvalue weighted by Gasteiger charge is -2.12. The Morgan fingerprint density at radius 1 is 1.33 bits per heavy atom. The molecular weight excluding hydrogens is 310 g/mol. The summed E-state index contributed by atoms with van der Waals surface area (Å²) < 4.78 is 0. The third kappa shape index (κ3) is 4.93. The van der Waals surface area contributed by atoms with E-state index in [1.165, 1.54) is 0 Å². The van der Waals surface area contributed by atoms with Gasteiger partial charge in [0.15, 0.2) is 0 Å². The van der Waals surface area contributed by atoms with Gasteiger partial charge in [0.25, 0.3) is 0 Å². The second kappa shape index (κ2) is 7.71. The number of amides is 1. The quantitative estimate of drug-likeness (QED) is 0.787. The average Bonchev–Trinajstić information content (AvgIpc) is 2.89. The van der Waals surface area contributed by atoms with Crippen molar-refractivity contribution in [3.63, 3.8) is 0 Å². The van der Waals surface area contributed by atoms with Crippen molar-refractivity contribution in [2.24, 2.45) is 5.92 Å². The number of thioether (sulfide) groups is 1. The largest absolute Gasteiger partial charge is 0.481 e. The number of carbonyl (C=O) groups is 2. The van der Waals surface area contributed by atoms with Gasteiger partial charge in [-0.15, -0.1) is 11.8 Å². The summed E-state index contributed by atoms with van der Waals surface area (Å²) in [6.45, 7) is 0. The van der Waals surface area contributed by atoms with E-state index in [4.69, 9.17) is 16.7 Å².